The predicted octanol–water partition coefficient (Wildman–Crippen LogP) is 4.82. The predicted molar refractivity (Wildman–Crippen MR) is 99.1 cm³/mol. The lowest BCUT2D eigenvalue weighted by Gasteiger charge is -2.15. The normalized spacial score (nSPS) is 11.8. The zero-order valence-corrected chi connectivity index (χ0v) is 15.3. The van der Waals surface area contributed by atoms with Gasteiger partial charge in [0.2, 0.25) is 5.91 Å². The lowest BCUT2D eigenvalue weighted by Crippen LogP contribution is -2.36. The fourth-order valence-corrected chi connectivity index (χ4v) is 2.52. The average Bonchev–Trinajstić information content (AvgIpc) is 2.55. The molecule has 2 rings (SSSR count). The van der Waals surface area contributed by atoms with Gasteiger partial charge in [-0.1, -0.05) is 47.0 Å². The number of hydrogen-bond acceptors (Lipinski definition) is 2. The first kappa shape index (κ1) is 18.6. The summed E-state index contributed by atoms with van der Waals surface area (Å²) >= 11 is 11.9. The van der Waals surface area contributed by atoms with Crippen molar-refractivity contribution in [2.75, 3.05) is 6.61 Å². The summed E-state index contributed by atoms with van der Waals surface area (Å²) in [6, 6.07) is 13.2. The number of aryl methyl sites for hydroxylation is 2. The first-order valence-electron chi connectivity index (χ1n) is 7.87. The first-order chi connectivity index (χ1) is 11.4. The summed E-state index contributed by atoms with van der Waals surface area (Å²) in [7, 11) is 0. The van der Waals surface area contributed by atoms with Gasteiger partial charge < -0.3 is 10.1 Å². The van der Waals surface area contributed by atoms with Gasteiger partial charge in [0.25, 0.3) is 0 Å². The van der Waals surface area contributed by atoms with Gasteiger partial charge in [-0.15, -0.1) is 0 Å². The Kier molecular flexibility index (Phi) is 6.95. The van der Waals surface area contributed by atoms with Crippen LogP contribution in [0.3, 0.4) is 0 Å². The quantitative estimate of drug-likeness (QED) is 0.763. The molecule has 1 N–H and O–H groups in total. The van der Waals surface area contributed by atoms with E-state index in [1.807, 2.05) is 44.2 Å². The van der Waals surface area contributed by atoms with Crippen molar-refractivity contribution in [1.29, 1.82) is 0 Å². The molecule has 3 nitrogen and oxygen atoms in total. The highest BCUT2D eigenvalue weighted by Crippen LogP contribution is 2.23. The van der Waals surface area contributed by atoms with Gasteiger partial charge in [-0.25, -0.2) is 0 Å². The molecule has 0 heterocycles. The molecule has 2 aromatic rings. The van der Waals surface area contributed by atoms with Crippen molar-refractivity contribution in [3.8, 4) is 5.75 Å². The zero-order valence-electron chi connectivity index (χ0n) is 13.8. The number of halogens is 2. The fraction of sp³-hybridized carbons (Fsp3) is 0.316. The molecule has 24 heavy (non-hydrogen) atoms. The summed E-state index contributed by atoms with van der Waals surface area (Å²) in [5.74, 6) is 0.790. The molecular weight excluding hydrogens is 345 g/mol. The van der Waals surface area contributed by atoms with Crippen LogP contribution in [-0.2, 0) is 11.2 Å². The Hall–Kier alpha value is -1.71. The van der Waals surface area contributed by atoms with E-state index in [-0.39, 0.29) is 11.9 Å². The second-order valence-corrected chi connectivity index (χ2v) is 6.66. The molecule has 0 bridgehead atoms. The number of carbonyl (C=O) groups is 1. The SMILES string of the molecule is Cc1ccc(OCC(C)NC(=O)CCc2ccc(Cl)c(Cl)c2)cc1. The van der Waals surface area contributed by atoms with Crippen LogP contribution in [0.1, 0.15) is 24.5 Å². The molecule has 1 amide bonds. The van der Waals surface area contributed by atoms with Crippen LogP contribution in [0.15, 0.2) is 42.5 Å². The highest BCUT2D eigenvalue weighted by Gasteiger charge is 2.09. The van der Waals surface area contributed by atoms with Crippen LogP contribution in [0, 0.1) is 6.92 Å². The molecule has 0 aliphatic carbocycles. The van der Waals surface area contributed by atoms with E-state index in [0.29, 0.717) is 29.5 Å². The molecule has 1 unspecified atom stereocenters. The smallest absolute Gasteiger partial charge is 0.220 e. The van der Waals surface area contributed by atoms with Crippen molar-refractivity contribution < 1.29 is 9.53 Å². The van der Waals surface area contributed by atoms with E-state index in [4.69, 9.17) is 27.9 Å². The number of ether oxygens (including phenoxy) is 1. The Morgan fingerprint density at radius 1 is 1.12 bits per heavy atom. The van der Waals surface area contributed by atoms with Crippen molar-refractivity contribution in [3.63, 3.8) is 0 Å². The maximum atomic E-state index is 12.0. The molecule has 0 aliphatic rings. The zero-order chi connectivity index (χ0) is 17.5. The maximum Gasteiger partial charge on any atom is 0.220 e. The molecule has 0 saturated heterocycles. The van der Waals surface area contributed by atoms with E-state index in [0.717, 1.165) is 11.3 Å². The van der Waals surface area contributed by atoms with Crippen LogP contribution in [0.25, 0.3) is 0 Å². The van der Waals surface area contributed by atoms with Crippen LogP contribution >= 0.6 is 23.2 Å². The molecule has 5 heteroatoms. The fourth-order valence-electron chi connectivity index (χ4n) is 2.20. The molecule has 128 valence electrons. The second-order valence-electron chi connectivity index (χ2n) is 5.84. The molecule has 0 fully saturated rings. The van der Waals surface area contributed by atoms with Crippen LogP contribution in [0.4, 0.5) is 0 Å². The van der Waals surface area contributed by atoms with Gasteiger partial charge in [0.05, 0.1) is 16.1 Å². The van der Waals surface area contributed by atoms with Crippen molar-refractivity contribution in [2.24, 2.45) is 0 Å². The number of nitrogens with one attached hydrogen (secondary N) is 1. The standard InChI is InChI=1S/C19H21Cl2NO2/c1-13-3-7-16(8-4-13)24-12-14(2)22-19(23)10-6-15-5-9-17(20)18(21)11-15/h3-5,7-9,11,14H,6,10,12H2,1-2H3,(H,22,23). The average molecular weight is 366 g/mol. The molecule has 0 saturated carbocycles. The van der Waals surface area contributed by atoms with Crippen molar-refractivity contribution in [3.05, 3.63) is 63.6 Å². The summed E-state index contributed by atoms with van der Waals surface area (Å²) in [5.41, 5.74) is 2.18. The summed E-state index contributed by atoms with van der Waals surface area (Å²) in [6.07, 6.45) is 1.01. The van der Waals surface area contributed by atoms with E-state index in [1.165, 1.54) is 5.56 Å². The number of benzene rings is 2. The van der Waals surface area contributed by atoms with E-state index in [2.05, 4.69) is 5.32 Å². The second kappa shape index (κ2) is 8.95. The molecule has 2 aromatic carbocycles. The number of carbonyl (C=O) groups excluding carboxylic acids is 1. The van der Waals surface area contributed by atoms with Gasteiger partial charge in [-0.3, -0.25) is 4.79 Å². The first-order valence-corrected chi connectivity index (χ1v) is 8.62. The lowest BCUT2D eigenvalue weighted by molar-refractivity contribution is -0.121. The van der Waals surface area contributed by atoms with E-state index >= 15 is 0 Å². The largest absolute Gasteiger partial charge is 0.491 e. The van der Waals surface area contributed by atoms with Gasteiger partial charge in [-0.05, 0) is 50.1 Å². The minimum Gasteiger partial charge on any atom is -0.491 e. The Balaban J connectivity index is 1.72. The summed E-state index contributed by atoms with van der Waals surface area (Å²) < 4.78 is 5.67. The molecule has 0 aliphatic heterocycles. The molecule has 1 atom stereocenters. The van der Waals surface area contributed by atoms with Crippen LogP contribution in [0.2, 0.25) is 10.0 Å². The van der Waals surface area contributed by atoms with Crippen molar-refractivity contribution in [2.45, 2.75) is 32.7 Å². The van der Waals surface area contributed by atoms with Crippen LogP contribution in [0.5, 0.6) is 5.75 Å². The third-order valence-electron chi connectivity index (χ3n) is 3.55. The van der Waals surface area contributed by atoms with Crippen LogP contribution < -0.4 is 10.1 Å². The van der Waals surface area contributed by atoms with Crippen molar-refractivity contribution >= 4 is 29.1 Å². The van der Waals surface area contributed by atoms with Gasteiger partial charge in [0.15, 0.2) is 0 Å². The summed E-state index contributed by atoms with van der Waals surface area (Å²) in [5, 5.41) is 3.96. The van der Waals surface area contributed by atoms with E-state index < -0.39 is 0 Å². The van der Waals surface area contributed by atoms with E-state index in [9.17, 15) is 4.79 Å². The Labute approximate surface area is 152 Å². The summed E-state index contributed by atoms with van der Waals surface area (Å²) in [4.78, 5) is 12.0. The van der Waals surface area contributed by atoms with Gasteiger partial charge >= 0.3 is 0 Å². The Bertz CT molecular complexity index is 686. The van der Waals surface area contributed by atoms with Gasteiger partial charge in [-0.2, -0.15) is 0 Å². The Morgan fingerprint density at radius 3 is 2.50 bits per heavy atom. The van der Waals surface area contributed by atoms with Gasteiger partial charge in [0, 0.05) is 6.42 Å². The highest BCUT2D eigenvalue weighted by molar-refractivity contribution is 6.42. The minimum absolute atomic E-state index is 0.0129. The third-order valence-corrected chi connectivity index (χ3v) is 4.29. The molecular formula is C19H21Cl2NO2. The molecule has 0 spiro atoms. The monoisotopic (exact) mass is 365 g/mol. The topological polar surface area (TPSA) is 38.3 Å². The Morgan fingerprint density at radius 2 is 1.83 bits per heavy atom. The molecule has 0 radical (unpaired) electrons. The number of rotatable bonds is 7. The number of hydrogen-bond donors (Lipinski definition) is 1. The van der Waals surface area contributed by atoms with E-state index in [1.54, 1.807) is 12.1 Å². The van der Waals surface area contributed by atoms with Crippen LogP contribution in [-0.4, -0.2) is 18.6 Å². The molecule has 0 aromatic heterocycles. The maximum absolute atomic E-state index is 12.0. The third kappa shape index (κ3) is 6.06. The minimum atomic E-state index is -0.0624. The number of amides is 1. The van der Waals surface area contributed by atoms with Gasteiger partial charge in [0.1, 0.15) is 12.4 Å². The lowest BCUT2D eigenvalue weighted by atomic mass is 10.1. The summed E-state index contributed by atoms with van der Waals surface area (Å²) in [6.45, 7) is 4.38. The highest BCUT2D eigenvalue weighted by atomic mass is 35.5. The van der Waals surface area contributed by atoms with Crippen molar-refractivity contribution in [1.82, 2.24) is 5.32 Å².